The first-order chi connectivity index (χ1) is 15.9. The zero-order valence-electron chi connectivity index (χ0n) is 19.7. The van der Waals surface area contributed by atoms with E-state index >= 15 is 0 Å². The minimum absolute atomic E-state index is 0.0139. The molecule has 0 radical (unpaired) electrons. The first-order valence-electron chi connectivity index (χ1n) is 11.6. The van der Waals surface area contributed by atoms with E-state index in [1.54, 1.807) is 19.1 Å². The molecule has 0 spiro atoms. The number of rotatable bonds is 11. The number of aliphatic hydroxyl groups excluding tert-OH is 2. The summed E-state index contributed by atoms with van der Waals surface area (Å²) in [6, 6.07) is 3.34. The van der Waals surface area contributed by atoms with Gasteiger partial charge in [-0.15, -0.1) is 0 Å². The fraction of sp³-hybridized carbons (Fsp3) is 0.652. The molecule has 0 bridgehead atoms. The summed E-state index contributed by atoms with van der Waals surface area (Å²) in [5.74, 6) is 2.42. The molecule has 1 saturated heterocycles. The molecule has 3 rings (SSSR count). The summed E-state index contributed by atoms with van der Waals surface area (Å²) in [6.45, 7) is 7.85. The highest BCUT2D eigenvalue weighted by Crippen LogP contribution is 2.25. The topological polar surface area (TPSA) is 134 Å². The monoisotopic (exact) mass is 461 g/mol. The van der Waals surface area contributed by atoms with Crippen LogP contribution in [0.25, 0.3) is 0 Å². The summed E-state index contributed by atoms with van der Waals surface area (Å²) < 4.78 is 11.1. The number of carbonyl (C=O) groups excluding carboxylic acids is 1. The standard InChI is InChI=1S/C23H35N5O5/c1-15(2)22-26-23(27-33-22)28-10-8-17(9-11-28)5-4-12-32-20-7-6-19(16(3)25-20)21(31)24-13-18(30)14-29/h6-7,15,17-18,29-30H,4-5,8-14H2,1-3H3,(H,24,31)/t18-/m0/s1. The molecule has 0 saturated carbocycles. The lowest BCUT2D eigenvalue weighted by Crippen LogP contribution is -2.34. The van der Waals surface area contributed by atoms with E-state index in [9.17, 15) is 9.90 Å². The van der Waals surface area contributed by atoms with Crippen LogP contribution in [0.1, 0.15) is 67.4 Å². The molecule has 182 valence electrons. The molecule has 3 heterocycles. The van der Waals surface area contributed by atoms with Gasteiger partial charge in [0.1, 0.15) is 0 Å². The van der Waals surface area contributed by atoms with Crippen molar-refractivity contribution in [2.24, 2.45) is 5.92 Å². The second-order valence-corrected chi connectivity index (χ2v) is 8.84. The van der Waals surface area contributed by atoms with Gasteiger partial charge in [0.25, 0.3) is 11.9 Å². The summed E-state index contributed by atoms with van der Waals surface area (Å²) in [4.78, 5) is 23.2. The number of amides is 1. The number of hydrogen-bond donors (Lipinski definition) is 3. The van der Waals surface area contributed by atoms with E-state index in [0.717, 1.165) is 38.8 Å². The molecular weight excluding hydrogens is 426 g/mol. The van der Waals surface area contributed by atoms with Crippen LogP contribution < -0.4 is 15.0 Å². The van der Waals surface area contributed by atoms with Gasteiger partial charge < -0.3 is 29.7 Å². The molecule has 1 aliphatic rings. The summed E-state index contributed by atoms with van der Waals surface area (Å²) in [5, 5.41) is 24.9. The Kier molecular flexibility index (Phi) is 9.02. The van der Waals surface area contributed by atoms with Gasteiger partial charge in [0.05, 0.1) is 30.6 Å². The smallest absolute Gasteiger partial charge is 0.266 e. The first-order valence-corrected chi connectivity index (χ1v) is 11.6. The molecule has 0 aliphatic carbocycles. The molecule has 3 N–H and O–H groups in total. The van der Waals surface area contributed by atoms with Crippen molar-refractivity contribution in [2.45, 2.75) is 58.5 Å². The minimum atomic E-state index is -0.978. The molecule has 1 amide bonds. The van der Waals surface area contributed by atoms with Crippen LogP contribution in [0.2, 0.25) is 0 Å². The largest absolute Gasteiger partial charge is 0.478 e. The van der Waals surface area contributed by atoms with E-state index in [4.69, 9.17) is 14.4 Å². The predicted molar refractivity (Wildman–Crippen MR) is 122 cm³/mol. The number of nitrogens with one attached hydrogen (secondary N) is 1. The van der Waals surface area contributed by atoms with Gasteiger partial charge in [-0.05, 0) is 49.7 Å². The average Bonchev–Trinajstić information content (AvgIpc) is 3.31. The number of hydrogen-bond acceptors (Lipinski definition) is 9. The van der Waals surface area contributed by atoms with Crippen molar-refractivity contribution >= 4 is 11.9 Å². The molecule has 1 atom stereocenters. The molecule has 33 heavy (non-hydrogen) atoms. The molecule has 0 aromatic carbocycles. The Labute approximate surface area is 194 Å². The maximum absolute atomic E-state index is 12.2. The Bertz CT molecular complexity index is 895. The molecule has 10 heteroatoms. The normalized spacial score (nSPS) is 15.6. The predicted octanol–water partition coefficient (Wildman–Crippen LogP) is 2.06. The van der Waals surface area contributed by atoms with Crippen molar-refractivity contribution in [3.8, 4) is 5.88 Å². The van der Waals surface area contributed by atoms with E-state index in [-0.39, 0.29) is 18.4 Å². The number of aromatic nitrogens is 3. The quantitative estimate of drug-likeness (QED) is 0.430. The van der Waals surface area contributed by atoms with Crippen molar-refractivity contribution in [3.63, 3.8) is 0 Å². The third-order valence-corrected chi connectivity index (χ3v) is 5.84. The maximum atomic E-state index is 12.2. The number of aryl methyl sites for hydroxylation is 1. The number of piperidine rings is 1. The Morgan fingerprint density at radius 3 is 2.70 bits per heavy atom. The fourth-order valence-electron chi connectivity index (χ4n) is 3.79. The van der Waals surface area contributed by atoms with Gasteiger partial charge in [0.2, 0.25) is 11.8 Å². The molecule has 10 nitrogen and oxygen atoms in total. The van der Waals surface area contributed by atoms with E-state index in [2.05, 4.69) is 25.3 Å². The molecule has 0 unspecified atom stereocenters. The van der Waals surface area contributed by atoms with Crippen molar-refractivity contribution in [1.29, 1.82) is 0 Å². The number of pyridine rings is 1. The first kappa shape index (κ1) is 24.9. The number of carbonyl (C=O) groups is 1. The Morgan fingerprint density at radius 1 is 1.30 bits per heavy atom. The van der Waals surface area contributed by atoms with Gasteiger partial charge >= 0.3 is 0 Å². The third-order valence-electron chi connectivity index (χ3n) is 5.84. The van der Waals surface area contributed by atoms with Crippen molar-refractivity contribution in [3.05, 3.63) is 29.3 Å². The molecule has 2 aromatic heterocycles. The van der Waals surface area contributed by atoms with Crippen LogP contribution in [0.15, 0.2) is 16.7 Å². The summed E-state index contributed by atoms with van der Waals surface area (Å²) >= 11 is 0. The van der Waals surface area contributed by atoms with Gasteiger partial charge in [-0.2, -0.15) is 4.98 Å². The zero-order valence-corrected chi connectivity index (χ0v) is 19.7. The van der Waals surface area contributed by atoms with Crippen LogP contribution >= 0.6 is 0 Å². The van der Waals surface area contributed by atoms with Gasteiger partial charge in [0.15, 0.2) is 0 Å². The van der Waals surface area contributed by atoms with Crippen molar-refractivity contribution in [1.82, 2.24) is 20.4 Å². The summed E-state index contributed by atoms with van der Waals surface area (Å²) in [5.41, 5.74) is 0.972. The average molecular weight is 462 g/mol. The molecular formula is C23H35N5O5. The van der Waals surface area contributed by atoms with E-state index in [1.165, 1.54) is 0 Å². The lowest BCUT2D eigenvalue weighted by molar-refractivity contribution is 0.0801. The Hall–Kier alpha value is -2.72. The SMILES string of the molecule is Cc1nc(OCCCC2CCN(c3noc(C(C)C)n3)CC2)ccc1C(=O)NC[C@H](O)CO. The number of aliphatic hydroxyl groups is 2. The number of ether oxygens (including phenoxy) is 1. The van der Waals surface area contributed by atoms with Crippen molar-refractivity contribution in [2.75, 3.05) is 37.7 Å². The van der Waals surface area contributed by atoms with E-state index < -0.39 is 12.7 Å². The zero-order chi connectivity index (χ0) is 23.8. The highest BCUT2D eigenvalue weighted by Gasteiger charge is 2.23. The van der Waals surface area contributed by atoms with Crippen molar-refractivity contribution < 1.29 is 24.3 Å². The molecule has 2 aromatic rings. The van der Waals surface area contributed by atoms with Gasteiger partial charge in [-0.1, -0.05) is 13.8 Å². The van der Waals surface area contributed by atoms with Crippen LogP contribution in [-0.4, -0.2) is 70.2 Å². The van der Waals surface area contributed by atoms with Gasteiger partial charge in [-0.3, -0.25) is 4.79 Å². The lowest BCUT2D eigenvalue weighted by Gasteiger charge is -2.30. The highest BCUT2D eigenvalue weighted by atomic mass is 16.5. The fourth-order valence-corrected chi connectivity index (χ4v) is 3.79. The third kappa shape index (κ3) is 7.13. The minimum Gasteiger partial charge on any atom is -0.478 e. The van der Waals surface area contributed by atoms with E-state index in [0.29, 0.717) is 41.5 Å². The van der Waals surface area contributed by atoms with Gasteiger partial charge in [0, 0.05) is 31.6 Å². The molecule has 1 aliphatic heterocycles. The van der Waals surface area contributed by atoms with Crippen LogP contribution in [0, 0.1) is 12.8 Å². The van der Waals surface area contributed by atoms with Crippen LogP contribution in [-0.2, 0) is 0 Å². The summed E-state index contributed by atoms with van der Waals surface area (Å²) in [6.07, 6.45) is 3.24. The van der Waals surface area contributed by atoms with Crippen LogP contribution in [0.4, 0.5) is 5.95 Å². The lowest BCUT2D eigenvalue weighted by atomic mass is 9.92. The Morgan fingerprint density at radius 2 is 2.06 bits per heavy atom. The summed E-state index contributed by atoms with van der Waals surface area (Å²) in [7, 11) is 0. The Balaban J connectivity index is 1.36. The van der Waals surface area contributed by atoms with Gasteiger partial charge in [-0.25, -0.2) is 4.98 Å². The molecule has 1 fully saturated rings. The number of anilines is 1. The maximum Gasteiger partial charge on any atom is 0.266 e. The van der Waals surface area contributed by atoms with E-state index in [1.807, 2.05) is 13.8 Å². The second-order valence-electron chi connectivity index (χ2n) is 8.84. The second kappa shape index (κ2) is 11.9. The van der Waals surface area contributed by atoms with Crippen LogP contribution in [0.3, 0.4) is 0 Å². The highest BCUT2D eigenvalue weighted by molar-refractivity contribution is 5.95. The number of nitrogens with zero attached hydrogens (tertiary/aromatic N) is 4. The van der Waals surface area contributed by atoms with Crippen LogP contribution in [0.5, 0.6) is 5.88 Å².